The van der Waals surface area contributed by atoms with Crippen LogP contribution in [0.25, 0.3) is 0 Å². The molecule has 0 saturated carbocycles. The van der Waals surface area contributed by atoms with Crippen molar-refractivity contribution in [3.05, 3.63) is 24.3 Å². The van der Waals surface area contributed by atoms with Crippen molar-refractivity contribution in [2.45, 2.75) is 437 Å². The zero-order valence-electron chi connectivity index (χ0n) is 61.4. The van der Waals surface area contributed by atoms with E-state index in [-0.39, 0.29) is 25.1 Å². The number of quaternary nitrogens is 1. The van der Waals surface area contributed by atoms with Gasteiger partial charge >= 0.3 is 13.8 Å². The second-order valence-electron chi connectivity index (χ2n) is 29.0. The molecule has 0 aliphatic heterocycles. The van der Waals surface area contributed by atoms with Gasteiger partial charge in [0.15, 0.2) is 0 Å². The van der Waals surface area contributed by atoms with Gasteiger partial charge in [-0.15, -0.1) is 0 Å². The van der Waals surface area contributed by atoms with Gasteiger partial charge in [-0.1, -0.05) is 379 Å². The van der Waals surface area contributed by atoms with Crippen LogP contribution in [0.1, 0.15) is 425 Å². The number of unbranched alkanes of at least 4 members (excludes halogenated alkanes) is 57. The van der Waals surface area contributed by atoms with Gasteiger partial charge in [-0.3, -0.25) is 18.6 Å². The molecule has 1 amide bonds. The lowest BCUT2D eigenvalue weighted by molar-refractivity contribution is -0.870. The minimum absolute atomic E-state index is 0.0449. The molecule has 0 aromatic heterocycles. The van der Waals surface area contributed by atoms with Gasteiger partial charge in [0, 0.05) is 12.8 Å². The summed E-state index contributed by atoms with van der Waals surface area (Å²) in [4.78, 5) is 38.0. The molecular weight excluding hydrogens is 1130 g/mol. The number of likely N-dealkylation sites (N-methyl/N-ethyl adjacent to an activating group) is 1. The van der Waals surface area contributed by atoms with Crippen LogP contribution in [-0.2, 0) is 27.9 Å². The first kappa shape index (κ1) is 88.5. The molecule has 0 radical (unpaired) electrons. The number of ether oxygens (including phenoxy) is 1. The van der Waals surface area contributed by atoms with Gasteiger partial charge in [-0.25, -0.2) is 4.57 Å². The largest absolute Gasteiger partial charge is 0.472 e. The lowest BCUT2D eigenvalue weighted by Gasteiger charge is -2.27. The van der Waals surface area contributed by atoms with Gasteiger partial charge in [0.1, 0.15) is 19.3 Å². The standard InChI is InChI=1S/C80H157N2O7P/c1-7-10-13-16-19-22-25-28-30-32-34-36-38-40-41-43-45-47-49-51-53-55-58-61-64-67-70-73-80(84)89-78(71-68-65-62-59-56-27-24-21-18-15-12-9-3)77(76-88-90(85,86)87-75-74-82(4,5)6)81-79(83)72-69-66-63-60-57-54-52-50-48-46-44-42-39-37-35-33-31-29-26-23-20-17-14-11-8-2/h29,31,68,71,77-78H,7-28,30,32-67,69-70,72-76H2,1-6H3,(H-,81,83,85,86)/p+1/b31-29+,71-68+. The maximum atomic E-state index is 13.7. The van der Waals surface area contributed by atoms with Crippen LogP contribution < -0.4 is 5.32 Å². The Kier molecular flexibility index (Phi) is 69.1. The van der Waals surface area contributed by atoms with Crippen molar-refractivity contribution in [3.8, 4) is 0 Å². The summed E-state index contributed by atoms with van der Waals surface area (Å²) in [6.07, 6.45) is 87.9. The third kappa shape index (κ3) is 70.8. The van der Waals surface area contributed by atoms with Crippen molar-refractivity contribution in [1.29, 1.82) is 0 Å². The molecule has 0 heterocycles. The number of carbonyl (C=O) groups is 2. The first-order valence-electron chi connectivity index (χ1n) is 40.2. The molecule has 0 aromatic carbocycles. The van der Waals surface area contributed by atoms with Crippen LogP contribution in [0, 0.1) is 0 Å². The predicted molar refractivity (Wildman–Crippen MR) is 393 cm³/mol. The molecule has 0 bridgehead atoms. The molecule has 0 aliphatic carbocycles. The Morgan fingerprint density at radius 1 is 0.378 bits per heavy atom. The van der Waals surface area contributed by atoms with Gasteiger partial charge in [0.25, 0.3) is 0 Å². The van der Waals surface area contributed by atoms with E-state index < -0.39 is 20.0 Å². The molecule has 0 saturated heterocycles. The Labute approximate surface area is 562 Å². The van der Waals surface area contributed by atoms with Gasteiger partial charge in [-0.05, 0) is 57.4 Å². The fourth-order valence-corrected chi connectivity index (χ4v) is 13.2. The van der Waals surface area contributed by atoms with Crippen LogP contribution in [0.3, 0.4) is 0 Å². The van der Waals surface area contributed by atoms with Crippen LogP contribution in [0.15, 0.2) is 24.3 Å². The number of hydrogen-bond acceptors (Lipinski definition) is 6. The van der Waals surface area contributed by atoms with Crippen molar-refractivity contribution in [3.63, 3.8) is 0 Å². The van der Waals surface area contributed by atoms with Crippen LogP contribution in [-0.4, -0.2) is 74.3 Å². The summed E-state index contributed by atoms with van der Waals surface area (Å²) in [6.45, 7) is 7.10. The highest BCUT2D eigenvalue weighted by Gasteiger charge is 2.30. The second kappa shape index (κ2) is 70.3. The number of nitrogens with zero attached hydrogens (tertiary/aromatic N) is 1. The molecule has 0 fully saturated rings. The maximum absolute atomic E-state index is 13.7. The van der Waals surface area contributed by atoms with Crippen LogP contribution in [0.2, 0.25) is 0 Å². The van der Waals surface area contributed by atoms with E-state index in [2.05, 4.69) is 44.3 Å². The number of esters is 1. The third-order valence-corrected chi connectivity index (χ3v) is 19.6. The zero-order valence-corrected chi connectivity index (χ0v) is 62.3. The van der Waals surface area contributed by atoms with E-state index in [1.54, 1.807) is 0 Å². The summed E-state index contributed by atoms with van der Waals surface area (Å²) >= 11 is 0. The molecule has 0 aromatic rings. The summed E-state index contributed by atoms with van der Waals surface area (Å²) in [5.41, 5.74) is 0. The van der Waals surface area contributed by atoms with Crippen LogP contribution in [0.5, 0.6) is 0 Å². The minimum atomic E-state index is -4.45. The predicted octanol–water partition coefficient (Wildman–Crippen LogP) is 26.0. The van der Waals surface area contributed by atoms with Crippen molar-refractivity contribution >= 4 is 19.7 Å². The van der Waals surface area contributed by atoms with E-state index in [1.807, 2.05) is 27.2 Å². The number of carbonyl (C=O) groups excluding carboxylic acids is 2. The second-order valence-corrected chi connectivity index (χ2v) is 30.4. The Morgan fingerprint density at radius 3 is 0.944 bits per heavy atom. The highest BCUT2D eigenvalue weighted by Crippen LogP contribution is 2.43. The van der Waals surface area contributed by atoms with Gasteiger partial charge < -0.3 is 19.4 Å². The molecular formula is C80H158N2O7P+. The van der Waals surface area contributed by atoms with Crippen LogP contribution in [0.4, 0.5) is 0 Å². The number of allylic oxidation sites excluding steroid dienone is 3. The molecule has 0 aliphatic rings. The van der Waals surface area contributed by atoms with Crippen molar-refractivity contribution in [2.24, 2.45) is 0 Å². The molecule has 0 spiro atoms. The first-order chi connectivity index (χ1) is 43.9. The average Bonchev–Trinajstić information content (AvgIpc) is 3.11. The number of nitrogens with one attached hydrogen (secondary N) is 1. The van der Waals surface area contributed by atoms with Crippen molar-refractivity contribution in [1.82, 2.24) is 5.32 Å². The molecule has 9 nitrogen and oxygen atoms in total. The Hall–Kier alpha value is -1.51. The molecule has 534 valence electrons. The Balaban J connectivity index is 4.87. The number of hydrogen-bond donors (Lipinski definition) is 2. The van der Waals surface area contributed by atoms with E-state index in [0.717, 1.165) is 57.8 Å². The van der Waals surface area contributed by atoms with Crippen molar-refractivity contribution < 1.29 is 37.3 Å². The quantitative estimate of drug-likeness (QED) is 0.0205. The minimum Gasteiger partial charge on any atom is -0.456 e. The highest BCUT2D eigenvalue weighted by molar-refractivity contribution is 7.47. The summed E-state index contributed by atoms with van der Waals surface area (Å²) in [6, 6.07) is -0.844. The Bertz CT molecular complexity index is 1580. The first-order valence-corrected chi connectivity index (χ1v) is 41.7. The molecule has 90 heavy (non-hydrogen) atoms. The summed E-state index contributed by atoms with van der Waals surface area (Å²) < 4.78 is 30.9. The Morgan fingerprint density at radius 2 is 0.644 bits per heavy atom. The van der Waals surface area contributed by atoms with E-state index in [1.165, 1.54) is 334 Å². The van der Waals surface area contributed by atoms with Crippen LogP contribution >= 0.6 is 7.82 Å². The van der Waals surface area contributed by atoms with E-state index in [0.29, 0.717) is 23.9 Å². The summed E-state index contributed by atoms with van der Waals surface area (Å²) in [5, 5.41) is 3.09. The SMILES string of the molecule is CCCCCCCC/C=C/CCCCCCCCCCCCCCCCCC(=O)NC(COP(=O)(O)OCC[N+](C)(C)C)C(/C=C/CCCCCCCCCCCC)OC(=O)CCCCCCCCCCCCCCCCCCCCCCCCCCCCC. The number of phosphoric ester groups is 1. The lowest BCUT2D eigenvalue weighted by atomic mass is 10.0. The number of rotatable bonds is 75. The normalized spacial score (nSPS) is 13.5. The van der Waals surface area contributed by atoms with E-state index in [9.17, 15) is 19.0 Å². The zero-order chi connectivity index (χ0) is 65.6. The molecule has 0 rings (SSSR count). The molecule has 3 atom stereocenters. The molecule has 10 heteroatoms. The molecule has 3 unspecified atom stereocenters. The maximum Gasteiger partial charge on any atom is 0.472 e. The third-order valence-electron chi connectivity index (χ3n) is 18.6. The van der Waals surface area contributed by atoms with Crippen molar-refractivity contribution in [2.75, 3.05) is 40.9 Å². The average molecular weight is 1290 g/mol. The lowest BCUT2D eigenvalue weighted by Crippen LogP contribution is -2.47. The van der Waals surface area contributed by atoms with E-state index >= 15 is 0 Å². The van der Waals surface area contributed by atoms with Gasteiger partial charge in [0.2, 0.25) is 5.91 Å². The fraction of sp³-hybridized carbons (Fsp3) is 0.925. The smallest absolute Gasteiger partial charge is 0.456 e. The number of phosphoric acid groups is 1. The number of amides is 1. The molecule has 2 N–H and O–H groups in total. The topological polar surface area (TPSA) is 111 Å². The van der Waals surface area contributed by atoms with Gasteiger partial charge in [0.05, 0.1) is 33.8 Å². The highest BCUT2D eigenvalue weighted by atomic mass is 31.2. The fourth-order valence-electron chi connectivity index (χ4n) is 12.5. The monoisotopic (exact) mass is 1290 g/mol. The van der Waals surface area contributed by atoms with E-state index in [4.69, 9.17) is 13.8 Å². The van der Waals surface area contributed by atoms with Gasteiger partial charge in [-0.2, -0.15) is 0 Å². The summed E-state index contributed by atoms with van der Waals surface area (Å²) in [7, 11) is 1.52. The summed E-state index contributed by atoms with van der Waals surface area (Å²) in [5.74, 6) is -0.476.